The van der Waals surface area contributed by atoms with Crippen LogP contribution in [0.1, 0.15) is 25.7 Å². The van der Waals surface area contributed by atoms with Crippen molar-refractivity contribution in [1.82, 2.24) is 0 Å². The van der Waals surface area contributed by atoms with Gasteiger partial charge in [-0.15, -0.1) is 0 Å². The van der Waals surface area contributed by atoms with Crippen LogP contribution in [0.25, 0.3) is 0 Å². The lowest BCUT2D eigenvalue weighted by Gasteiger charge is -2.26. The highest BCUT2D eigenvalue weighted by molar-refractivity contribution is 5.81. The van der Waals surface area contributed by atoms with Crippen LogP contribution in [0.5, 0.6) is 34.5 Å². The van der Waals surface area contributed by atoms with Crippen LogP contribution in [0.15, 0.2) is 61.7 Å². The topological polar surface area (TPSA) is 142 Å². The Morgan fingerprint density at radius 2 is 1.10 bits per heavy atom. The van der Waals surface area contributed by atoms with E-state index in [1.807, 2.05) is 0 Å². The Labute approximate surface area is 242 Å². The molecule has 12 heteroatoms. The summed E-state index contributed by atoms with van der Waals surface area (Å²) < 4.78 is 42.0. The van der Waals surface area contributed by atoms with Crippen molar-refractivity contribution in [2.45, 2.75) is 25.7 Å². The number of hydrogen-bond acceptors (Lipinski definition) is 12. The quantitative estimate of drug-likeness (QED) is 0.136. The number of methoxy groups -OCH3 is 2. The molecule has 0 aromatic heterocycles. The van der Waals surface area contributed by atoms with Gasteiger partial charge in [-0.1, -0.05) is 13.2 Å². The fraction of sp³-hybridized carbons (Fsp3) is 0.333. The Hall–Kier alpha value is -5.00. The molecule has 1 fully saturated rings. The Morgan fingerprint density at radius 1 is 0.667 bits per heavy atom. The number of hydrogen-bond donors (Lipinski definition) is 0. The third-order valence-electron chi connectivity index (χ3n) is 6.27. The van der Waals surface area contributed by atoms with E-state index < -0.39 is 37.4 Å². The van der Waals surface area contributed by atoms with E-state index in [0.717, 1.165) is 12.2 Å². The lowest BCUT2D eigenvalue weighted by Crippen LogP contribution is -2.30. The van der Waals surface area contributed by atoms with Crippen LogP contribution in [0.4, 0.5) is 0 Å². The van der Waals surface area contributed by atoms with Crippen molar-refractivity contribution < 1.29 is 57.1 Å². The van der Waals surface area contributed by atoms with Crippen molar-refractivity contribution in [1.29, 1.82) is 0 Å². The van der Waals surface area contributed by atoms with Crippen molar-refractivity contribution in [2.75, 3.05) is 27.8 Å². The first-order chi connectivity index (χ1) is 20.3. The molecule has 0 amide bonds. The number of esters is 4. The Kier molecular flexibility index (Phi) is 11.8. The van der Waals surface area contributed by atoms with Crippen LogP contribution in [0, 0.1) is 11.8 Å². The van der Waals surface area contributed by atoms with Crippen molar-refractivity contribution in [3.8, 4) is 34.5 Å². The minimum absolute atomic E-state index is 0.0634. The van der Waals surface area contributed by atoms with Gasteiger partial charge in [0.05, 0.1) is 26.1 Å². The molecule has 12 nitrogen and oxygen atoms in total. The van der Waals surface area contributed by atoms with Gasteiger partial charge in [-0.3, -0.25) is 9.59 Å². The van der Waals surface area contributed by atoms with Gasteiger partial charge in [-0.2, -0.15) is 0 Å². The van der Waals surface area contributed by atoms with Gasteiger partial charge in [-0.05, 0) is 49.9 Å². The van der Waals surface area contributed by atoms with Crippen LogP contribution in [-0.4, -0.2) is 51.7 Å². The highest BCUT2D eigenvalue weighted by Gasteiger charge is 2.32. The number of carbonyl (C=O) groups excluding carboxylic acids is 4. The fourth-order valence-corrected chi connectivity index (χ4v) is 4.05. The summed E-state index contributed by atoms with van der Waals surface area (Å²) >= 11 is 0. The molecule has 0 heterocycles. The summed E-state index contributed by atoms with van der Waals surface area (Å²) in [5.74, 6) is -1.41. The molecule has 0 atom stereocenters. The maximum absolute atomic E-state index is 12.9. The molecular formula is C30H32O12. The molecule has 0 saturated heterocycles. The number of carbonyl (C=O) groups is 4. The van der Waals surface area contributed by atoms with Crippen LogP contribution in [0.2, 0.25) is 0 Å². The molecule has 2 aromatic carbocycles. The Balaban J connectivity index is 1.57. The van der Waals surface area contributed by atoms with E-state index in [-0.39, 0.29) is 29.1 Å². The van der Waals surface area contributed by atoms with E-state index in [2.05, 4.69) is 13.2 Å². The maximum Gasteiger partial charge on any atom is 0.333 e. The predicted molar refractivity (Wildman–Crippen MR) is 146 cm³/mol. The molecule has 0 N–H and O–H groups in total. The molecule has 42 heavy (non-hydrogen) atoms. The minimum atomic E-state index is -0.705. The van der Waals surface area contributed by atoms with Gasteiger partial charge in [0.2, 0.25) is 13.6 Å². The summed E-state index contributed by atoms with van der Waals surface area (Å²) in [6.07, 6.45) is 3.71. The summed E-state index contributed by atoms with van der Waals surface area (Å²) in [4.78, 5) is 48.2. The highest BCUT2D eigenvalue weighted by atomic mass is 16.7. The first-order valence-electron chi connectivity index (χ1n) is 12.9. The third kappa shape index (κ3) is 9.01. The number of benzene rings is 2. The van der Waals surface area contributed by atoms with E-state index in [4.69, 9.17) is 37.9 Å². The molecule has 3 rings (SSSR count). The monoisotopic (exact) mass is 584 g/mol. The molecule has 0 aliphatic heterocycles. The van der Waals surface area contributed by atoms with Gasteiger partial charge < -0.3 is 37.9 Å². The van der Waals surface area contributed by atoms with Crippen molar-refractivity contribution in [3.05, 3.63) is 61.7 Å². The van der Waals surface area contributed by atoms with E-state index in [9.17, 15) is 19.2 Å². The minimum Gasteiger partial charge on any atom is -0.493 e. The SMILES string of the molecule is C=CC(=O)OCOc1ccc(OC(=O)C2CCC(C(=O)Oc3ccc(OC)c(OC)c3)CC2)cc1OCOC(=O)C=C. The molecule has 2 aromatic rings. The normalized spacial score (nSPS) is 15.8. The van der Waals surface area contributed by atoms with Crippen LogP contribution >= 0.6 is 0 Å². The lowest BCUT2D eigenvalue weighted by atomic mass is 9.82. The second kappa shape index (κ2) is 15.7. The largest absolute Gasteiger partial charge is 0.493 e. The van der Waals surface area contributed by atoms with E-state index >= 15 is 0 Å². The van der Waals surface area contributed by atoms with Gasteiger partial charge in [0.25, 0.3) is 0 Å². The van der Waals surface area contributed by atoms with Crippen molar-refractivity contribution in [2.24, 2.45) is 11.8 Å². The van der Waals surface area contributed by atoms with Gasteiger partial charge in [0.15, 0.2) is 23.0 Å². The lowest BCUT2D eigenvalue weighted by molar-refractivity contribution is -0.146. The molecule has 0 spiro atoms. The van der Waals surface area contributed by atoms with Gasteiger partial charge in [-0.25, -0.2) is 9.59 Å². The molecule has 0 radical (unpaired) electrons. The van der Waals surface area contributed by atoms with Crippen LogP contribution in [-0.2, 0) is 28.7 Å². The standard InChI is InChI=1S/C30H32O12/c1-5-27(31)39-17-37-24-14-12-22(16-26(24)38-18-40-28(32)6-2)42-30(34)20-9-7-19(8-10-20)29(33)41-21-11-13-23(35-3)25(15-21)36-4/h5-6,11-16,19-20H,1-2,7-10,17-18H2,3-4H3. The summed E-state index contributed by atoms with van der Waals surface area (Å²) in [5.41, 5.74) is 0. The van der Waals surface area contributed by atoms with Crippen molar-refractivity contribution in [3.63, 3.8) is 0 Å². The van der Waals surface area contributed by atoms with E-state index in [1.165, 1.54) is 32.4 Å². The third-order valence-corrected chi connectivity index (χ3v) is 6.27. The molecule has 1 saturated carbocycles. The molecule has 224 valence electrons. The average Bonchev–Trinajstić information content (AvgIpc) is 3.01. The predicted octanol–water partition coefficient (Wildman–Crippen LogP) is 4.15. The van der Waals surface area contributed by atoms with Gasteiger partial charge >= 0.3 is 23.9 Å². The second-order valence-electron chi connectivity index (χ2n) is 8.88. The maximum atomic E-state index is 12.9. The average molecular weight is 585 g/mol. The zero-order valence-electron chi connectivity index (χ0n) is 23.3. The summed E-state index contributed by atoms with van der Waals surface area (Å²) in [7, 11) is 3.00. The molecule has 1 aliphatic carbocycles. The zero-order chi connectivity index (χ0) is 30.5. The van der Waals surface area contributed by atoms with E-state index in [1.54, 1.807) is 18.2 Å². The smallest absolute Gasteiger partial charge is 0.333 e. The first-order valence-corrected chi connectivity index (χ1v) is 12.9. The summed E-state index contributed by atoms with van der Waals surface area (Å²) in [5, 5.41) is 0. The Bertz CT molecular complexity index is 1290. The molecular weight excluding hydrogens is 552 g/mol. The van der Waals surface area contributed by atoms with Gasteiger partial charge in [0, 0.05) is 24.3 Å². The van der Waals surface area contributed by atoms with E-state index in [0.29, 0.717) is 42.9 Å². The second-order valence-corrected chi connectivity index (χ2v) is 8.88. The Morgan fingerprint density at radius 3 is 1.55 bits per heavy atom. The number of rotatable bonds is 14. The zero-order valence-corrected chi connectivity index (χ0v) is 23.3. The van der Waals surface area contributed by atoms with Crippen molar-refractivity contribution >= 4 is 23.9 Å². The first kappa shape index (κ1) is 31.5. The number of ether oxygens (including phenoxy) is 8. The summed E-state index contributed by atoms with van der Waals surface area (Å²) in [6, 6.07) is 9.12. The van der Waals surface area contributed by atoms with Crippen LogP contribution in [0.3, 0.4) is 0 Å². The summed E-state index contributed by atoms with van der Waals surface area (Å²) in [6.45, 7) is 5.68. The molecule has 0 unspecified atom stereocenters. The van der Waals surface area contributed by atoms with Gasteiger partial charge in [0.1, 0.15) is 11.5 Å². The fourth-order valence-electron chi connectivity index (χ4n) is 4.05. The van der Waals surface area contributed by atoms with Crippen LogP contribution < -0.4 is 28.4 Å². The molecule has 0 bridgehead atoms. The molecule has 1 aliphatic rings. The highest BCUT2D eigenvalue weighted by Crippen LogP contribution is 2.35.